The van der Waals surface area contributed by atoms with Crippen LogP contribution >= 0.6 is 8.53 Å². The molecule has 0 saturated carbocycles. The molecule has 0 aromatic heterocycles. The average molecular weight is 501 g/mol. The van der Waals surface area contributed by atoms with Crippen LogP contribution in [0.25, 0.3) is 0 Å². The fourth-order valence-electron chi connectivity index (χ4n) is 2.80. The van der Waals surface area contributed by atoms with Gasteiger partial charge < -0.3 is 23.9 Å². The summed E-state index contributed by atoms with van der Waals surface area (Å²) in [4.78, 5) is 34.6. The van der Waals surface area contributed by atoms with Gasteiger partial charge in [-0.25, -0.2) is 5.09 Å². The van der Waals surface area contributed by atoms with Crippen LogP contribution in [0.15, 0.2) is 42.6 Å². The van der Waals surface area contributed by atoms with Crippen molar-refractivity contribution in [2.45, 2.75) is 24.9 Å². The molecule has 13 heteroatoms. The fraction of sp³-hybridized carbons (Fsp3) is 0.381. The highest BCUT2D eigenvalue weighted by atomic mass is 31.2. The Morgan fingerprint density at radius 1 is 1.32 bits per heavy atom. The quantitative estimate of drug-likeness (QED) is 0.196. The van der Waals surface area contributed by atoms with Crippen molar-refractivity contribution in [3.63, 3.8) is 0 Å². The Morgan fingerprint density at radius 2 is 2.06 bits per heavy atom. The van der Waals surface area contributed by atoms with Gasteiger partial charge in [-0.2, -0.15) is 13.2 Å². The minimum atomic E-state index is -4.72. The molecule has 2 rings (SSSR count). The predicted octanol–water partition coefficient (Wildman–Crippen LogP) is 2.11. The summed E-state index contributed by atoms with van der Waals surface area (Å²) in [5.41, 5.74) is 0. The number of hydrogen-bond donors (Lipinski definition) is 2. The zero-order valence-corrected chi connectivity index (χ0v) is 18.9. The molecule has 1 fully saturated rings. The number of aldehydes is 1. The predicted molar refractivity (Wildman–Crippen MR) is 116 cm³/mol. The summed E-state index contributed by atoms with van der Waals surface area (Å²) in [7, 11) is -0.400. The Bertz CT molecular complexity index is 907. The van der Waals surface area contributed by atoms with Crippen molar-refractivity contribution in [2.24, 2.45) is 5.92 Å². The highest BCUT2D eigenvalue weighted by molar-refractivity contribution is 7.45. The maximum absolute atomic E-state index is 12.7. The Hall–Kier alpha value is -2.97. The zero-order chi connectivity index (χ0) is 25.0. The van der Waals surface area contributed by atoms with Crippen LogP contribution in [-0.2, 0) is 23.6 Å². The number of carbonyl (C=O) groups excluding carboxylic acids is 3. The molecule has 1 aromatic carbocycles. The smallest absolute Gasteiger partial charge is 0.436 e. The third-order valence-electron chi connectivity index (χ3n) is 4.27. The van der Waals surface area contributed by atoms with Crippen molar-refractivity contribution in [1.29, 1.82) is 0 Å². The Kier molecular flexibility index (Phi) is 11.0. The van der Waals surface area contributed by atoms with Gasteiger partial charge >= 0.3 is 14.7 Å². The van der Waals surface area contributed by atoms with E-state index >= 15 is 0 Å². The number of likely N-dealkylation sites (N-methyl/N-ethyl adjacent to an activating group) is 1. The van der Waals surface area contributed by atoms with Crippen LogP contribution in [0.5, 0.6) is 5.75 Å². The minimum Gasteiger partial charge on any atom is -0.436 e. The van der Waals surface area contributed by atoms with Gasteiger partial charge in [0.2, 0.25) is 12.3 Å². The summed E-state index contributed by atoms with van der Waals surface area (Å²) in [6.45, 7) is -0.160. The molecule has 4 atom stereocenters. The van der Waals surface area contributed by atoms with Gasteiger partial charge in [-0.1, -0.05) is 24.1 Å². The molecular formula is C21H23F3N3O6P. The molecule has 1 heterocycles. The van der Waals surface area contributed by atoms with Crippen LogP contribution < -0.4 is 14.9 Å². The lowest BCUT2D eigenvalue weighted by Crippen LogP contribution is -2.35. The maximum Gasteiger partial charge on any atom is 0.457 e. The highest BCUT2D eigenvalue weighted by Crippen LogP contribution is 2.37. The van der Waals surface area contributed by atoms with Crippen LogP contribution in [-0.4, -0.2) is 62.2 Å². The van der Waals surface area contributed by atoms with E-state index in [1.165, 1.54) is 13.0 Å². The number of halogens is 3. The van der Waals surface area contributed by atoms with Gasteiger partial charge in [-0.05, 0) is 18.6 Å². The monoisotopic (exact) mass is 501 g/mol. The number of para-hydroxylation sites is 1. The van der Waals surface area contributed by atoms with Gasteiger partial charge in [0.1, 0.15) is 18.3 Å². The van der Waals surface area contributed by atoms with Crippen molar-refractivity contribution >= 4 is 27.1 Å². The first-order valence-electron chi connectivity index (χ1n) is 9.96. The fourth-order valence-corrected chi connectivity index (χ4v) is 3.85. The molecule has 1 aliphatic heterocycles. The largest absolute Gasteiger partial charge is 0.457 e. The summed E-state index contributed by atoms with van der Waals surface area (Å²) >= 11 is 0. The van der Waals surface area contributed by atoms with Gasteiger partial charge in [0, 0.05) is 25.2 Å². The Balaban J connectivity index is 2.11. The van der Waals surface area contributed by atoms with Gasteiger partial charge in [0.15, 0.2) is 0 Å². The van der Waals surface area contributed by atoms with Gasteiger partial charge in [-0.3, -0.25) is 14.5 Å². The molecule has 1 aliphatic rings. The van der Waals surface area contributed by atoms with E-state index < -0.39 is 38.9 Å². The molecule has 0 aliphatic carbocycles. The number of nitrogens with zero attached hydrogens (tertiary/aromatic N) is 1. The number of carbonyl (C=O) groups is 3. The zero-order valence-electron chi connectivity index (χ0n) is 18.0. The first-order chi connectivity index (χ1) is 16.3. The van der Waals surface area contributed by atoms with Crippen molar-refractivity contribution in [3.8, 4) is 17.6 Å². The second-order valence-corrected chi connectivity index (χ2v) is 8.00. The molecule has 2 N–H and O–H groups in total. The molecule has 0 spiro atoms. The lowest BCUT2D eigenvalue weighted by Gasteiger charge is -2.24. The topological polar surface area (TPSA) is 106 Å². The number of nitrogens with one attached hydrogen (secondary N) is 2. The van der Waals surface area contributed by atoms with Crippen molar-refractivity contribution in [3.05, 3.63) is 42.6 Å². The van der Waals surface area contributed by atoms with E-state index in [4.69, 9.17) is 13.8 Å². The number of ether oxygens (including phenoxy) is 1. The second-order valence-electron chi connectivity index (χ2n) is 6.73. The van der Waals surface area contributed by atoms with Gasteiger partial charge in [-0.15, -0.1) is 0 Å². The summed E-state index contributed by atoms with van der Waals surface area (Å²) in [5.74, 6) is 2.27. The number of hydrogen-bond acceptors (Lipinski definition) is 7. The molecule has 34 heavy (non-hydrogen) atoms. The normalized spacial score (nSPS) is 20.8. The lowest BCUT2D eigenvalue weighted by molar-refractivity contribution is -0.128. The molecule has 1 aromatic rings. The SMILES string of the molecule is CNC(=O)/C=C\N(C=O)C1OC(COP(NCC=O)Oc2ccccc2)CC1C#CC(F)(F)F. The standard InChI is InChI=1S/C21H23F3N3O6P/c1-25-19(30)8-11-27(15-29)20-16(7-9-21(22,23)24)13-18(32-20)14-31-34(26-10-12-28)33-17-5-3-2-4-6-17/h2-6,8,11-12,15-16,18,20,26H,10,13-14H2,1H3,(H,25,30)/b11-8-. The third-order valence-corrected chi connectivity index (χ3v) is 5.47. The molecule has 0 bridgehead atoms. The minimum absolute atomic E-state index is 0.0219. The molecule has 0 radical (unpaired) electrons. The van der Waals surface area contributed by atoms with Crippen molar-refractivity contribution in [1.82, 2.24) is 15.3 Å². The maximum atomic E-state index is 12.7. The van der Waals surface area contributed by atoms with Crippen LogP contribution in [0.4, 0.5) is 13.2 Å². The lowest BCUT2D eigenvalue weighted by atomic mass is 10.0. The summed E-state index contributed by atoms with van der Waals surface area (Å²) in [6.07, 6.45) is -3.54. The number of rotatable bonds is 12. The highest BCUT2D eigenvalue weighted by Gasteiger charge is 2.39. The van der Waals surface area contributed by atoms with E-state index in [2.05, 4.69) is 16.3 Å². The summed E-state index contributed by atoms with van der Waals surface area (Å²) < 4.78 is 55.1. The van der Waals surface area contributed by atoms with Gasteiger partial charge in [0.05, 0.1) is 25.2 Å². The first-order valence-corrected chi connectivity index (χ1v) is 11.1. The summed E-state index contributed by atoms with van der Waals surface area (Å²) in [6, 6.07) is 8.66. The van der Waals surface area contributed by atoms with Gasteiger partial charge in [0.25, 0.3) is 0 Å². The molecule has 4 unspecified atom stereocenters. The van der Waals surface area contributed by atoms with Crippen LogP contribution in [0.2, 0.25) is 0 Å². The molecule has 2 amide bonds. The molecule has 1 saturated heterocycles. The van der Waals surface area contributed by atoms with E-state index in [0.717, 1.165) is 17.2 Å². The van der Waals surface area contributed by atoms with E-state index in [-0.39, 0.29) is 19.6 Å². The van der Waals surface area contributed by atoms with E-state index in [0.29, 0.717) is 18.4 Å². The summed E-state index contributed by atoms with van der Waals surface area (Å²) in [5, 5.41) is 5.10. The van der Waals surface area contributed by atoms with Crippen LogP contribution in [0.1, 0.15) is 6.42 Å². The van der Waals surface area contributed by atoms with Crippen molar-refractivity contribution < 1.29 is 41.3 Å². The molecular weight excluding hydrogens is 478 g/mol. The van der Waals surface area contributed by atoms with E-state index in [9.17, 15) is 27.6 Å². The molecule has 9 nitrogen and oxygen atoms in total. The van der Waals surface area contributed by atoms with Crippen molar-refractivity contribution in [2.75, 3.05) is 20.2 Å². The number of amides is 2. The third kappa shape index (κ3) is 9.49. The molecule has 184 valence electrons. The second kappa shape index (κ2) is 13.7. The van der Waals surface area contributed by atoms with Crippen LogP contribution in [0.3, 0.4) is 0 Å². The Labute approximate surface area is 195 Å². The Morgan fingerprint density at radius 3 is 2.68 bits per heavy atom. The van der Waals surface area contributed by atoms with E-state index in [1.54, 1.807) is 30.3 Å². The van der Waals surface area contributed by atoms with Crippen LogP contribution in [0, 0.1) is 17.8 Å². The first kappa shape index (κ1) is 27.3. The van der Waals surface area contributed by atoms with E-state index in [1.807, 2.05) is 0 Å². The number of alkyl halides is 3. The average Bonchev–Trinajstić information content (AvgIpc) is 3.23. The number of benzene rings is 1.